The SMILES string of the molecule is Cc1ccc2c(oc3c(C4CCCCC4)c(C(C)C)c(C#N)cc32)c1-c1cccc[n+]1C. The Hall–Kier alpha value is -3.12. The fourth-order valence-corrected chi connectivity index (χ4v) is 5.72. The molecule has 2 heterocycles. The van der Waals surface area contributed by atoms with Crippen LogP contribution in [-0.2, 0) is 7.05 Å². The predicted octanol–water partition coefficient (Wildman–Crippen LogP) is 7.43. The van der Waals surface area contributed by atoms with Gasteiger partial charge in [-0.25, -0.2) is 4.57 Å². The molecule has 1 fully saturated rings. The summed E-state index contributed by atoms with van der Waals surface area (Å²) in [4.78, 5) is 0. The largest absolute Gasteiger partial charge is 0.455 e. The highest BCUT2D eigenvalue weighted by atomic mass is 16.3. The summed E-state index contributed by atoms with van der Waals surface area (Å²) >= 11 is 0. The van der Waals surface area contributed by atoms with E-state index in [-0.39, 0.29) is 5.92 Å². The number of aromatic nitrogens is 1. The minimum Gasteiger partial charge on any atom is -0.455 e. The lowest BCUT2D eigenvalue weighted by atomic mass is 9.77. The first kappa shape index (κ1) is 20.8. The van der Waals surface area contributed by atoms with Crippen molar-refractivity contribution in [1.29, 1.82) is 5.26 Å². The van der Waals surface area contributed by atoms with E-state index in [0.717, 1.165) is 38.8 Å². The minimum absolute atomic E-state index is 0.285. The summed E-state index contributed by atoms with van der Waals surface area (Å²) in [6, 6.07) is 15.2. The van der Waals surface area contributed by atoms with E-state index in [2.05, 4.69) is 75.0 Å². The second kappa shape index (κ2) is 8.10. The van der Waals surface area contributed by atoms with E-state index in [0.29, 0.717) is 5.92 Å². The van der Waals surface area contributed by atoms with Crippen molar-refractivity contribution in [1.82, 2.24) is 0 Å². The lowest BCUT2D eigenvalue weighted by molar-refractivity contribution is -0.660. The third-order valence-electron chi connectivity index (χ3n) is 7.24. The Morgan fingerprint density at radius 2 is 1.81 bits per heavy atom. The van der Waals surface area contributed by atoms with Gasteiger partial charge in [0.05, 0.1) is 17.2 Å². The zero-order valence-corrected chi connectivity index (χ0v) is 19.5. The van der Waals surface area contributed by atoms with Crippen LogP contribution in [-0.4, -0.2) is 0 Å². The number of benzene rings is 2. The molecule has 5 rings (SSSR count). The van der Waals surface area contributed by atoms with Crippen molar-refractivity contribution in [2.75, 3.05) is 0 Å². The van der Waals surface area contributed by atoms with Crippen molar-refractivity contribution in [3.63, 3.8) is 0 Å². The number of fused-ring (bicyclic) bond motifs is 3. The number of pyridine rings is 1. The van der Waals surface area contributed by atoms with Crippen molar-refractivity contribution in [3.8, 4) is 17.3 Å². The van der Waals surface area contributed by atoms with Crippen LogP contribution in [0.5, 0.6) is 0 Å². The molecule has 162 valence electrons. The first-order valence-electron chi connectivity index (χ1n) is 11.9. The van der Waals surface area contributed by atoms with Gasteiger partial charge in [-0.15, -0.1) is 0 Å². The van der Waals surface area contributed by atoms with E-state index in [1.165, 1.54) is 48.8 Å². The first-order valence-corrected chi connectivity index (χ1v) is 11.9. The van der Waals surface area contributed by atoms with Crippen molar-refractivity contribution in [3.05, 3.63) is 64.8 Å². The third kappa shape index (κ3) is 3.21. The number of hydrogen-bond acceptors (Lipinski definition) is 2. The second-order valence-electron chi connectivity index (χ2n) is 9.66. The topological polar surface area (TPSA) is 40.8 Å². The summed E-state index contributed by atoms with van der Waals surface area (Å²) < 4.78 is 8.98. The highest BCUT2D eigenvalue weighted by molar-refractivity contribution is 6.11. The Labute approximate surface area is 190 Å². The molecule has 0 unspecified atom stereocenters. The van der Waals surface area contributed by atoms with E-state index in [4.69, 9.17) is 4.42 Å². The van der Waals surface area contributed by atoms with Crippen LogP contribution in [0, 0.1) is 18.3 Å². The molecule has 0 aliphatic heterocycles. The monoisotopic (exact) mass is 423 g/mol. The van der Waals surface area contributed by atoms with Gasteiger partial charge in [-0.2, -0.15) is 5.26 Å². The number of hydrogen-bond donors (Lipinski definition) is 0. The van der Waals surface area contributed by atoms with Crippen molar-refractivity contribution in [2.45, 2.75) is 64.7 Å². The van der Waals surface area contributed by atoms with Crippen LogP contribution in [0.25, 0.3) is 33.2 Å². The van der Waals surface area contributed by atoms with Crippen LogP contribution < -0.4 is 4.57 Å². The summed E-state index contributed by atoms with van der Waals surface area (Å²) in [5, 5.41) is 12.3. The molecular weight excluding hydrogens is 392 g/mol. The summed E-state index contributed by atoms with van der Waals surface area (Å²) in [7, 11) is 2.08. The Balaban J connectivity index is 1.91. The molecule has 1 aliphatic carbocycles. The van der Waals surface area contributed by atoms with Gasteiger partial charge in [0.15, 0.2) is 6.20 Å². The third-order valence-corrected chi connectivity index (χ3v) is 7.24. The molecule has 2 aromatic carbocycles. The summed E-state index contributed by atoms with van der Waals surface area (Å²) in [5.74, 6) is 0.752. The Kier molecular flexibility index (Phi) is 5.25. The number of aryl methyl sites for hydroxylation is 2. The number of rotatable bonds is 3. The van der Waals surface area contributed by atoms with Crippen LogP contribution in [0.2, 0.25) is 0 Å². The molecule has 0 bridgehead atoms. The highest BCUT2D eigenvalue weighted by Gasteiger charge is 2.29. The Morgan fingerprint density at radius 3 is 2.50 bits per heavy atom. The molecule has 0 N–H and O–H groups in total. The molecular formula is C29H31N2O+. The van der Waals surface area contributed by atoms with Gasteiger partial charge in [0.25, 0.3) is 0 Å². The zero-order valence-electron chi connectivity index (χ0n) is 19.5. The molecule has 3 nitrogen and oxygen atoms in total. The molecule has 0 radical (unpaired) electrons. The molecule has 4 aromatic rings. The first-order chi connectivity index (χ1) is 15.5. The summed E-state index contributed by atoms with van der Waals surface area (Å²) in [6.07, 6.45) is 8.26. The van der Waals surface area contributed by atoms with Crippen LogP contribution in [0.3, 0.4) is 0 Å². The maximum Gasteiger partial charge on any atom is 0.216 e. The van der Waals surface area contributed by atoms with Gasteiger partial charge in [-0.05, 0) is 54.9 Å². The maximum absolute atomic E-state index is 10.1. The normalized spacial score (nSPS) is 15.0. The molecule has 1 saturated carbocycles. The van der Waals surface area contributed by atoms with Crippen LogP contribution in [0.15, 0.2) is 47.0 Å². The molecule has 3 heteroatoms. The van der Waals surface area contributed by atoms with Gasteiger partial charge in [0.1, 0.15) is 18.2 Å². The molecule has 2 aromatic heterocycles. The van der Waals surface area contributed by atoms with E-state index in [1.54, 1.807) is 0 Å². The molecule has 0 spiro atoms. The minimum atomic E-state index is 0.285. The average molecular weight is 424 g/mol. The van der Waals surface area contributed by atoms with Crippen LogP contribution in [0.4, 0.5) is 0 Å². The molecule has 1 aliphatic rings. The van der Waals surface area contributed by atoms with Crippen molar-refractivity contribution in [2.24, 2.45) is 7.05 Å². The van der Waals surface area contributed by atoms with E-state index in [1.807, 2.05) is 6.07 Å². The van der Waals surface area contributed by atoms with Crippen LogP contribution in [0.1, 0.15) is 80.0 Å². The van der Waals surface area contributed by atoms with E-state index < -0.39 is 0 Å². The lowest BCUT2D eigenvalue weighted by Gasteiger charge is -2.26. The van der Waals surface area contributed by atoms with Gasteiger partial charge in [-0.3, -0.25) is 0 Å². The van der Waals surface area contributed by atoms with Crippen molar-refractivity contribution >= 4 is 21.9 Å². The van der Waals surface area contributed by atoms with Crippen LogP contribution >= 0.6 is 0 Å². The van der Waals surface area contributed by atoms with E-state index in [9.17, 15) is 5.26 Å². The fraction of sp³-hybridized carbons (Fsp3) is 0.379. The Morgan fingerprint density at radius 1 is 1.03 bits per heavy atom. The fourth-order valence-electron chi connectivity index (χ4n) is 5.72. The summed E-state index contributed by atoms with van der Waals surface area (Å²) in [5.41, 5.74) is 8.70. The number of nitrogens with zero attached hydrogens (tertiary/aromatic N) is 2. The molecule has 0 saturated heterocycles. The number of furan rings is 1. The van der Waals surface area contributed by atoms with Gasteiger partial charge >= 0.3 is 0 Å². The summed E-state index contributed by atoms with van der Waals surface area (Å²) in [6.45, 7) is 6.56. The average Bonchev–Trinajstić information content (AvgIpc) is 3.17. The van der Waals surface area contributed by atoms with Gasteiger partial charge in [0.2, 0.25) is 5.69 Å². The quantitative estimate of drug-likeness (QED) is 0.321. The highest BCUT2D eigenvalue weighted by Crippen LogP contribution is 2.46. The Bertz CT molecular complexity index is 1360. The van der Waals surface area contributed by atoms with Crippen molar-refractivity contribution < 1.29 is 8.98 Å². The second-order valence-corrected chi connectivity index (χ2v) is 9.66. The molecule has 0 amide bonds. The van der Waals surface area contributed by atoms with Gasteiger partial charge < -0.3 is 4.42 Å². The zero-order chi connectivity index (χ0) is 22.4. The number of nitriles is 1. The smallest absolute Gasteiger partial charge is 0.216 e. The van der Waals surface area contributed by atoms with E-state index >= 15 is 0 Å². The van der Waals surface area contributed by atoms with Gasteiger partial charge in [0, 0.05) is 28.5 Å². The van der Waals surface area contributed by atoms with Gasteiger partial charge in [-0.1, -0.05) is 45.2 Å². The standard InChI is InChI=1S/C29H31N2O/c1-18(2)25-21(17-30)16-23-22-14-13-19(3)26(24-12-8-9-15-31(24)4)28(22)32-29(23)27(25)20-10-6-5-7-11-20/h8-9,12-16,18,20H,5-7,10-11H2,1-4H3/q+1. The maximum atomic E-state index is 10.1. The lowest BCUT2D eigenvalue weighted by Crippen LogP contribution is -2.30. The predicted molar refractivity (Wildman–Crippen MR) is 130 cm³/mol. The molecule has 0 atom stereocenters. The molecule has 32 heavy (non-hydrogen) atoms.